The van der Waals surface area contributed by atoms with Gasteiger partial charge < -0.3 is 24.8 Å². The van der Waals surface area contributed by atoms with E-state index in [1.165, 1.54) is 31.4 Å². The van der Waals surface area contributed by atoms with Gasteiger partial charge in [-0.1, -0.05) is 18.2 Å². The summed E-state index contributed by atoms with van der Waals surface area (Å²) in [4.78, 5) is 25.0. The number of methoxy groups -OCH3 is 1. The first-order valence-electron chi connectivity index (χ1n) is 10.4. The lowest BCUT2D eigenvalue weighted by atomic mass is 10.00. The molecule has 1 atom stereocenters. The number of nitrogens with one attached hydrogen (secondary N) is 2. The van der Waals surface area contributed by atoms with Gasteiger partial charge in [0.15, 0.2) is 18.1 Å². The van der Waals surface area contributed by atoms with Crippen LogP contribution in [0.5, 0.6) is 17.2 Å². The number of hydrogen-bond donors (Lipinski definition) is 2. The van der Waals surface area contributed by atoms with Crippen LogP contribution < -0.4 is 24.8 Å². The summed E-state index contributed by atoms with van der Waals surface area (Å²) in [5.74, 6) is 0.358. The van der Waals surface area contributed by atoms with Crippen molar-refractivity contribution < 1.29 is 28.2 Å². The number of fused-ring (bicyclic) bond motifs is 1. The van der Waals surface area contributed by atoms with Gasteiger partial charge in [-0.2, -0.15) is 0 Å². The topological polar surface area (TPSA) is 85.9 Å². The van der Waals surface area contributed by atoms with E-state index in [2.05, 4.69) is 10.6 Å². The van der Waals surface area contributed by atoms with E-state index in [0.29, 0.717) is 35.8 Å². The predicted octanol–water partition coefficient (Wildman–Crippen LogP) is 4.11. The lowest BCUT2D eigenvalue weighted by molar-refractivity contribution is -0.118. The molecule has 0 fully saturated rings. The second kappa shape index (κ2) is 10.0. The molecule has 2 amide bonds. The van der Waals surface area contributed by atoms with E-state index in [-0.39, 0.29) is 24.4 Å². The van der Waals surface area contributed by atoms with Crippen molar-refractivity contribution in [2.75, 3.05) is 25.6 Å². The first-order chi connectivity index (χ1) is 16.0. The summed E-state index contributed by atoms with van der Waals surface area (Å²) < 4.78 is 29.5. The van der Waals surface area contributed by atoms with Crippen LogP contribution in [0.3, 0.4) is 0 Å². The molecule has 0 spiro atoms. The Morgan fingerprint density at radius 1 is 1.06 bits per heavy atom. The molecule has 7 nitrogen and oxygen atoms in total. The highest BCUT2D eigenvalue weighted by Crippen LogP contribution is 2.32. The molecule has 1 heterocycles. The number of carbonyl (C=O) groups excluding carboxylic acids is 2. The maximum Gasteiger partial charge on any atom is 0.262 e. The molecule has 170 valence electrons. The van der Waals surface area contributed by atoms with E-state index >= 15 is 0 Å². The molecule has 3 aromatic rings. The van der Waals surface area contributed by atoms with Gasteiger partial charge in [0.2, 0.25) is 0 Å². The zero-order valence-electron chi connectivity index (χ0n) is 18.0. The van der Waals surface area contributed by atoms with Crippen molar-refractivity contribution in [2.45, 2.75) is 12.5 Å². The Hall–Kier alpha value is -4.07. The van der Waals surface area contributed by atoms with Gasteiger partial charge in [0.25, 0.3) is 11.8 Å². The third-order valence-electron chi connectivity index (χ3n) is 5.18. The third kappa shape index (κ3) is 5.41. The number of ether oxygens (including phenoxy) is 3. The first-order valence-corrected chi connectivity index (χ1v) is 10.4. The van der Waals surface area contributed by atoms with Crippen LogP contribution in [0, 0.1) is 5.82 Å². The van der Waals surface area contributed by atoms with E-state index in [0.717, 1.165) is 11.3 Å². The minimum atomic E-state index is -0.413. The van der Waals surface area contributed by atoms with E-state index in [1.807, 2.05) is 24.3 Å². The summed E-state index contributed by atoms with van der Waals surface area (Å²) in [7, 11) is 1.46. The minimum absolute atomic E-state index is 0.153. The first kappa shape index (κ1) is 22.1. The summed E-state index contributed by atoms with van der Waals surface area (Å²) in [5.41, 5.74) is 1.80. The normalized spacial score (nSPS) is 14.4. The minimum Gasteiger partial charge on any atom is -0.493 e. The molecule has 0 saturated carbocycles. The third-order valence-corrected chi connectivity index (χ3v) is 5.18. The fourth-order valence-corrected chi connectivity index (χ4v) is 3.54. The summed E-state index contributed by atoms with van der Waals surface area (Å²) in [5, 5.41) is 5.65. The molecule has 1 unspecified atom stereocenters. The Balaban J connectivity index is 1.39. The van der Waals surface area contributed by atoms with Crippen molar-refractivity contribution >= 4 is 17.5 Å². The Morgan fingerprint density at radius 3 is 2.64 bits per heavy atom. The van der Waals surface area contributed by atoms with Gasteiger partial charge in [0, 0.05) is 23.2 Å². The molecular weight excluding hydrogens is 427 g/mol. The van der Waals surface area contributed by atoms with Crippen molar-refractivity contribution in [1.82, 2.24) is 5.32 Å². The van der Waals surface area contributed by atoms with Gasteiger partial charge >= 0.3 is 0 Å². The molecule has 33 heavy (non-hydrogen) atoms. The number of amides is 2. The van der Waals surface area contributed by atoms with Crippen LogP contribution in [0.1, 0.15) is 28.4 Å². The summed E-state index contributed by atoms with van der Waals surface area (Å²) >= 11 is 0. The molecule has 3 aromatic carbocycles. The fraction of sp³-hybridized carbons (Fsp3) is 0.200. The van der Waals surface area contributed by atoms with Gasteiger partial charge in [-0.3, -0.25) is 9.59 Å². The maximum atomic E-state index is 13.0. The number of hydrogen-bond acceptors (Lipinski definition) is 5. The highest BCUT2D eigenvalue weighted by Gasteiger charge is 2.23. The molecule has 4 rings (SSSR count). The Morgan fingerprint density at radius 2 is 1.85 bits per heavy atom. The summed E-state index contributed by atoms with van der Waals surface area (Å²) in [6.45, 7) is 0.246. The van der Waals surface area contributed by atoms with Crippen LogP contribution in [-0.2, 0) is 4.79 Å². The molecule has 0 bridgehead atoms. The Labute approximate surface area is 190 Å². The smallest absolute Gasteiger partial charge is 0.262 e. The van der Waals surface area contributed by atoms with E-state index in [9.17, 15) is 14.0 Å². The van der Waals surface area contributed by atoms with Crippen LogP contribution in [0.4, 0.5) is 10.1 Å². The van der Waals surface area contributed by atoms with Crippen molar-refractivity contribution in [1.29, 1.82) is 0 Å². The van der Waals surface area contributed by atoms with Gasteiger partial charge in [0.1, 0.15) is 11.6 Å². The summed E-state index contributed by atoms with van der Waals surface area (Å²) in [6, 6.07) is 17.6. The quantitative estimate of drug-likeness (QED) is 0.566. The fourth-order valence-electron chi connectivity index (χ4n) is 3.54. The monoisotopic (exact) mass is 450 g/mol. The van der Waals surface area contributed by atoms with Crippen LogP contribution in [0.25, 0.3) is 0 Å². The van der Waals surface area contributed by atoms with Crippen LogP contribution >= 0.6 is 0 Å². The average Bonchev–Trinajstić information content (AvgIpc) is 2.84. The largest absolute Gasteiger partial charge is 0.493 e. The van der Waals surface area contributed by atoms with E-state index in [4.69, 9.17) is 14.2 Å². The number of benzene rings is 3. The standard InChI is InChI=1S/C25H23FN2O5/c1-31-23-14-16(25(30)28-20-12-13-32-21-5-3-2-4-19(20)21)6-11-22(23)33-15-24(29)27-18-9-7-17(26)8-10-18/h2-11,14,20H,12-13,15H2,1H3,(H,27,29)(H,28,30). The number of anilines is 1. The van der Waals surface area contributed by atoms with Crippen molar-refractivity contribution in [3.8, 4) is 17.2 Å². The zero-order chi connectivity index (χ0) is 23.2. The summed E-state index contributed by atoms with van der Waals surface area (Å²) in [6.07, 6.45) is 0.671. The maximum absolute atomic E-state index is 13.0. The molecule has 0 radical (unpaired) electrons. The lowest BCUT2D eigenvalue weighted by Gasteiger charge is -2.26. The molecule has 1 aliphatic heterocycles. The Bertz CT molecular complexity index is 1150. The molecule has 8 heteroatoms. The molecule has 1 aliphatic rings. The van der Waals surface area contributed by atoms with Gasteiger partial charge in [-0.15, -0.1) is 0 Å². The second-order valence-corrected chi connectivity index (χ2v) is 7.41. The average molecular weight is 450 g/mol. The van der Waals surface area contributed by atoms with Gasteiger partial charge in [-0.25, -0.2) is 4.39 Å². The Kier molecular flexibility index (Phi) is 6.73. The van der Waals surface area contributed by atoms with Crippen molar-refractivity contribution in [2.24, 2.45) is 0 Å². The van der Waals surface area contributed by atoms with Crippen LogP contribution in [0.2, 0.25) is 0 Å². The second-order valence-electron chi connectivity index (χ2n) is 7.41. The molecule has 0 aliphatic carbocycles. The van der Waals surface area contributed by atoms with Crippen LogP contribution in [-0.4, -0.2) is 32.1 Å². The lowest BCUT2D eigenvalue weighted by Crippen LogP contribution is -2.32. The zero-order valence-corrected chi connectivity index (χ0v) is 18.0. The number of carbonyl (C=O) groups is 2. The molecule has 2 N–H and O–H groups in total. The number of para-hydroxylation sites is 1. The van der Waals surface area contributed by atoms with Crippen molar-refractivity contribution in [3.63, 3.8) is 0 Å². The van der Waals surface area contributed by atoms with E-state index < -0.39 is 5.91 Å². The van der Waals surface area contributed by atoms with Crippen LogP contribution in [0.15, 0.2) is 66.7 Å². The van der Waals surface area contributed by atoms with Crippen molar-refractivity contribution in [3.05, 3.63) is 83.7 Å². The SMILES string of the molecule is COc1cc(C(=O)NC2CCOc3ccccc32)ccc1OCC(=O)Nc1ccc(F)cc1. The molecular formula is C25H23FN2O5. The molecule has 0 aromatic heterocycles. The highest BCUT2D eigenvalue weighted by atomic mass is 19.1. The predicted molar refractivity (Wildman–Crippen MR) is 120 cm³/mol. The van der Waals surface area contributed by atoms with Gasteiger partial charge in [0.05, 0.1) is 19.8 Å². The number of halogens is 1. The number of rotatable bonds is 7. The molecule has 0 saturated heterocycles. The van der Waals surface area contributed by atoms with E-state index in [1.54, 1.807) is 18.2 Å². The highest BCUT2D eigenvalue weighted by molar-refractivity contribution is 5.95. The van der Waals surface area contributed by atoms with Gasteiger partial charge in [-0.05, 0) is 48.5 Å².